The van der Waals surface area contributed by atoms with Crippen LogP contribution in [-0.2, 0) is 4.79 Å². The summed E-state index contributed by atoms with van der Waals surface area (Å²) in [5.74, 6) is -0.344. The number of aromatic nitrogens is 1. The first kappa shape index (κ1) is 13.8. The third-order valence-corrected chi connectivity index (χ3v) is 3.59. The van der Waals surface area contributed by atoms with Gasteiger partial charge < -0.3 is 9.80 Å². The summed E-state index contributed by atoms with van der Waals surface area (Å²) >= 11 is 5.79. The Balaban J connectivity index is 2.31. The molecule has 1 aliphatic rings. The Morgan fingerprint density at radius 2 is 2.05 bits per heavy atom. The molecule has 0 bridgehead atoms. The molecule has 102 valence electrons. The van der Waals surface area contributed by atoms with Crippen molar-refractivity contribution in [3.8, 4) is 0 Å². The Morgan fingerprint density at radius 1 is 1.37 bits per heavy atom. The average molecular weight is 282 g/mol. The lowest BCUT2D eigenvalue weighted by Crippen LogP contribution is -2.63. The van der Waals surface area contributed by atoms with Gasteiger partial charge >= 0.3 is 0 Å². The summed E-state index contributed by atoms with van der Waals surface area (Å²) < 4.78 is 0. The number of nitrogens with zero attached hydrogens (tertiary/aromatic N) is 3. The van der Waals surface area contributed by atoms with E-state index >= 15 is 0 Å². The highest BCUT2D eigenvalue weighted by Gasteiger charge is 2.43. The molecule has 2 rings (SSSR count). The van der Waals surface area contributed by atoms with Crippen LogP contribution < -0.4 is 0 Å². The first-order chi connectivity index (χ1) is 8.84. The minimum Gasteiger partial charge on any atom is -0.342 e. The van der Waals surface area contributed by atoms with Crippen LogP contribution in [0.3, 0.4) is 0 Å². The fraction of sp³-hybridized carbons (Fsp3) is 0.462. The molecule has 0 N–H and O–H groups in total. The van der Waals surface area contributed by atoms with Crippen LogP contribution in [0, 0.1) is 0 Å². The summed E-state index contributed by atoms with van der Waals surface area (Å²) in [6, 6.07) is 4.89. The summed E-state index contributed by atoms with van der Waals surface area (Å²) in [7, 11) is 1.74. The average Bonchev–Trinajstić information content (AvgIpc) is 2.35. The van der Waals surface area contributed by atoms with Crippen LogP contribution in [-0.4, -0.2) is 52.3 Å². The maximum absolute atomic E-state index is 12.5. The lowest BCUT2D eigenvalue weighted by molar-refractivity contribution is -0.144. The van der Waals surface area contributed by atoms with E-state index in [1.54, 1.807) is 48.9 Å². The van der Waals surface area contributed by atoms with Crippen molar-refractivity contribution >= 4 is 23.4 Å². The number of pyridine rings is 1. The van der Waals surface area contributed by atoms with Crippen molar-refractivity contribution in [3.05, 3.63) is 29.0 Å². The van der Waals surface area contributed by atoms with Crippen LogP contribution in [0.2, 0.25) is 5.15 Å². The second kappa shape index (κ2) is 4.81. The zero-order valence-electron chi connectivity index (χ0n) is 11.2. The van der Waals surface area contributed by atoms with Crippen LogP contribution in [0.5, 0.6) is 0 Å². The predicted molar refractivity (Wildman–Crippen MR) is 72.0 cm³/mol. The van der Waals surface area contributed by atoms with Crippen molar-refractivity contribution in [1.82, 2.24) is 14.8 Å². The molecule has 0 saturated carbocycles. The number of halogens is 1. The molecule has 0 spiro atoms. The molecule has 0 atom stereocenters. The Bertz CT molecular complexity index is 530. The maximum atomic E-state index is 12.5. The van der Waals surface area contributed by atoms with Gasteiger partial charge in [0, 0.05) is 20.1 Å². The monoisotopic (exact) mass is 281 g/mol. The standard InChI is InChI=1S/C13H16ClN3O2/c1-13(2)12(19)16(3)7-8-17(13)11(18)9-5-4-6-10(14)15-9/h4-6H,7-8H2,1-3H3. The van der Waals surface area contributed by atoms with Gasteiger partial charge in [-0.15, -0.1) is 0 Å². The van der Waals surface area contributed by atoms with Crippen molar-refractivity contribution in [2.45, 2.75) is 19.4 Å². The molecule has 2 heterocycles. The molecule has 19 heavy (non-hydrogen) atoms. The number of rotatable bonds is 1. The van der Waals surface area contributed by atoms with Crippen molar-refractivity contribution in [2.75, 3.05) is 20.1 Å². The zero-order valence-corrected chi connectivity index (χ0v) is 11.9. The van der Waals surface area contributed by atoms with E-state index in [0.29, 0.717) is 13.1 Å². The van der Waals surface area contributed by atoms with E-state index in [4.69, 9.17) is 11.6 Å². The molecule has 0 aromatic carbocycles. The molecule has 5 nitrogen and oxygen atoms in total. The number of carbonyl (C=O) groups is 2. The smallest absolute Gasteiger partial charge is 0.273 e. The minimum atomic E-state index is -0.867. The van der Waals surface area contributed by atoms with Gasteiger partial charge in [-0.25, -0.2) is 4.98 Å². The summed E-state index contributed by atoms with van der Waals surface area (Å²) in [6.07, 6.45) is 0. The number of carbonyl (C=O) groups excluding carboxylic acids is 2. The fourth-order valence-electron chi connectivity index (χ4n) is 2.23. The molecule has 0 aliphatic carbocycles. The Labute approximate surface area is 117 Å². The van der Waals surface area contributed by atoms with Gasteiger partial charge in [-0.1, -0.05) is 17.7 Å². The Morgan fingerprint density at radius 3 is 2.68 bits per heavy atom. The molecule has 0 radical (unpaired) electrons. The van der Waals surface area contributed by atoms with Crippen LogP contribution in [0.15, 0.2) is 18.2 Å². The van der Waals surface area contributed by atoms with Crippen LogP contribution >= 0.6 is 11.6 Å². The van der Waals surface area contributed by atoms with Gasteiger partial charge in [0.05, 0.1) is 0 Å². The van der Waals surface area contributed by atoms with Crippen molar-refractivity contribution in [2.24, 2.45) is 0 Å². The molecule has 1 fully saturated rings. The zero-order chi connectivity index (χ0) is 14.2. The van der Waals surface area contributed by atoms with Crippen molar-refractivity contribution < 1.29 is 9.59 Å². The number of hydrogen-bond acceptors (Lipinski definition) is 3. The topological polar surface area (TPSA) is 53.5 Å². The Hall–Kier alpha value is -1.62. The van der Waals surface area contributed by atoms with E-state index in [2.05, 4.69) is 4.98 Å². The summed E-state index contributed by atoms with van der Waals surface area (Å²) in [6.45, 7) is 4.50. The van der Waals surface area contributed by atoms with E-state index in [9.17, 15) is 9.59 Å². The van der Waals surface area contributed by atoms with Gasteiger partial charge in [-0.2, -0.15) is 0 Å². The van der Waals surface area contributed by atoms with Gasteiger partial charge in [0.1, 0.15) is 16.4 Å². The quantitative estimate of drug-likeness (QED) is 0.732. The number of likely N-dealkylation sites (N-methyl/N-ethyl adjacent to an activating group) is 1. The molecule has 1 aliphatic heterocycles. The maximum Gasteiger partial charge on any atom is 0.273 e. The van der Waals surface area contributed by atoms with Gasteiger partial charge in [-0.05, 0) is 26.0 Å². The van der Waals surface area contributed by atoms with Crippen LogP contribution in [0.1, 0.15) is 24.3 Å². The SMILES string of the molecule is CN1CCN(C(=O)c2cccc(Cl)n2)C(C)(C)C1=O. The predicted octanol–water partition coefficient (Wildman–Crippen LogP) is 1.43. The lowest BCUT2D eigenvalue weighted by Gasteiger charge is -2.44. The molecular formula is C13H16ClN3O2. The molecule has 1 saturated heterocycles. The molecule has 2 amide bonds. The molecule has 1 aromatic rings. The molecule has 0 unspecified atom stereocenters. The molecule has 6 heteroatoms. The van der Waals surface area contributed by atoms with E-state index in [0.717, 1.165) is 0 Å². The third-order valence-electron chi connectivity index (χ3n) is 3.38. The van der Waals surface area contributed by atoms with Gasteiger partial charge in [0.2, 0.25) is 5.91 Å². The highest BCUT2D eigenvalue weighted by Crippen LogP contribution is 2.23. The normalized spacial score (nSPS) is 18.6. The third kappa shape index (κ3) is 2.42. The number of hydrogen-bond donors (Lipinski definition) is 0. The van der Waals surface area contributed by atoms with Gasteiger partial charge in [0.15, 0.2) is 0 Å². The molecular weight excluding hydrogens is 266 g/mol. The van der Waals surface area contributed by atoms with Crippen LogP contribution in [0.25, 0.3) is 0 Å². The van der Waals surface area contributed by atoms with E-state index < -0.39 is 5.54 Å². The summed E-state index contributed by atoms with van der Waals surface area (Å²) in [5.41, 5.74) is -0.605. The van der Waals surface area contributed by atoms with E-state index in [1.807, 2.05) is 0 Å². The van der Waals surface area contributed by atoms with Crippen LogP contribution in [0.4, 0.5) is 0 Å². The molecule has 1 aromatic heterocycles. The summed E-state index contributed by atoms with van der Waals surface area (Å²) in [4.78, 5) is 31.8. The van der Waals surface area contributed by atoms with E-state index in [-0.39, 0.29) is 22.7 Å². The number of piperazine rings is 1. The lowest BCUT2D eigenvalue weighted by atomic mass is 9.97. The summed E-state index contributed by atoms with van der Waals surface area (Å²) in [5, 5.41) is 0.268. The highest BCUT2D eigenvalue weighted by atomic mass is 35.5. The first-order valence-corrected chi connectivity index (χ1v) is 6.42. The largest absolute Gasteiger partial charge is 0.342 e. The van der Waals surface area contributed by atoms with Crippen molar-refractivity contribution in [3.63, 3.8) is 0 Å². The number of amides is 2. The first-order valence-electron chi connectivity index (χ1n) is 6.04. The van der Waals surface area contributed by atoms with Crippen molar-refractivity contribution in [1.29, 1.82) is 0 Å². The van der Waals surface area contributed by atoms with Gasteiger partial charge in [0.25, 0.3) is 5.91 Å². The van der Waals surface area contributed by atoms with E-state index in [1.165, 1.54) is 0 Å². The van der Waals surface area contributed by atoms with Gasteiger partial charge in [-0.3, -0.25) is 9.59 Å². The highest BCUT2D eigenvalue weighted by molar-refractivity contribution is 6.29. The second-order valence-electron chi connectivity index (χ2n) is 5.09. The Kier molecular flexibility index (Phi) is 3.49. The fourth-order valence-corrected chi connectivity index (χ4v) is 2.40. The minimum absolute atomic E-state index is 0.0749. The second-order valence-corrected chi connectivity index (χ2v) is 5.48.